The van der Waals surface area contributed by atoms with E-state index in [-0.39, 0.29) is 24.3 Å². The van der Waals surface area contributed by atoms with E-state index in [1.54, 1.807) is 17.9 Å². The van der Waals surface area contributed by atoms with Gasteiger partial charge in [-0.3, -0.25) is 19.1 Å². The lowest BCUT2D eigenvalue weighted by molar-refractivity contribution is -0.119. The van der Waals surface area contributed by atoms with Gasteiger partial charge in [-0.25, -0.2) is 9.50 Å². The first-order valence-electron chi connectivity index (χ1n) is 13.4. The molecule has 3 N–H and O–H groups in total. The smallest absolute Gasteiger partial charge is 0.245 e. The first kappa shape index (κ1) is 26.1. The van der Waals surface area contributed by atoms with Crippen molar-refractivity contribution < 1.29 is 9.59 Å². The molecule has 3 aromatic heterocycles. The van der Waals surface area contributed by atoms with Crippen LogP contribution in [0.15, 0.2) is 30.7 Å². The Hall–Kier alpha value is -3.56. The van der Waals surface area contributed by atoms with Crippen molar-refractivity contribution in [1.29, 1.82) is 0 Å². The molecule has 0 atom stereocenters. The third-order valence-corrected chi connectivity index (χ3v) is 8.01. The topological polar surface area (TPSA) is 111 Å². The molecule has 0 saturated carbocycles. The highest BCUT2D eigenvalue weighted by molar-refractivity contribution is 6.03. The van der Waals surface area contributed by atoms with Crippen LogP contribution in [0.2, 0.25) is 0 Å². The number of carbonyl (C=O) groups is 2. The van der Waals surface area contributed by atoms with Gasteiger partial charge < -0.3 is 11.1 Å². The van der Waals surface area contributed by atoms with Crippen LogP contribution in [0.4, 0.5) is 0 Å². The Bertz CT molecular complexity index is 1520. The summed E-state index contributed by atoms with van der Waals surface area (Å²) in [4.78, 5) is 31.5. The Kier molecular flexibility index (Phi) is 7.07. The van der Waals surface area contributed by atoms with Crippen LogP contribution in [0.3, 0.4) is 0 Å². The molecule has 200 valence electrons. The second-order valence-electron chi connectivity index (χ2n) is 10.8. The molecule has 0 spiro atoms. The van der Waals surface area contributed by atoms with Crippen molar-refractivity contribution in [3.63, 3.8) is 0 Å². The Morgan fingerprint density at radius 2 is 1.89 bits per heavy atom. The number of likely N-dealkylation sites (tertiary alicyclic amines) is 1. The Morgan fingerprint density at radius 3 is 2.55 bits per heavy atom. The van der Waals surface area contributed by atoms with E-state index in [1.165, 1.54) is 11.1 Å². The number of amides is 1. The van der Waals surface area contributed by atoms with Crippen LogP contribution in [0.1, 0.15) is 65.6 Å². The summed E-state index contributed by atoms with van der Waals surface area (Å²) in [6, 6.07) is 6.58. The van der Waals surface area contributed by atoms with Gasteiger partial charge in [0.2, 0.25) is 11.8 Å². The Balaban J connectivity index is 1.69. The molecule has 0 bridgehead atoms. The Labute approximate surface area is 223 Å². The van der Waals surface area contributed by atoms with Crippen LogP contribution in [0.25, 0.3) is 27.8 Å². The summed E-state index contributed by atoms with van der Waals surface area (Å²) >= 11 is 0. The molecule has 9 nitrogen and oxygen atoms in total. The number of aryl methyl sites for hydroxylation is 1. The fourth-order valence-electron chi connectivity index (χ4n) is 6.01. The van der Waals surface area contributed by atoms with E-state index in [1.807, 2.05) is 10.8 Å². The summed E-state index contributed by atoms with van der Waals surface area (Å²) in [6.45, 7) is 10.8. The van der Waals surface area contributed by atoms with E-state index in [2.05, 4.69) is 66.2 Å². The van der Waals surface area contributed by atoms with Crippen molar-refractivity contribution in [1.82, 2.24) is 29.4 Å². The number of hydrogen-bond donors (Lipinski definition) is 2. The predicted octanol–water partition coefficient (Wildman–Crippen LogP) is 3.62. The summed E-state index contributed by atoms with van der Waals surface area (Å²) < 4.78 is 3.70. The number of carbonyl (C=O) groups excluding carboxylic acids is 2. The highest BCUT2D eigenvalue weighted by Crippen LogP contribution is 2.42. The molecule has 9 heteroatoms. The number of likely N-dealkylation sites (N-methyl/N-ethyl adjacent to an activating group) is 1. The number of benzene rings is 1. The zero-order valence-electron chi connectivity index (χ0n) is 22.9. The third kappa shape index (κ3) is 4.50. The molecule has 1 aliphatic rings. The molecule has 1 fully saturated rings. The molecule has 38 heavy (non-hydrogen) atoms. The van der Waals surface area contributed by atoms with Crippen LogP contribution in [-0.2, 0) is 4.79 Å². The van der Waals surface area contributed by atoms with Gasteiger partial charge in [0.1, 0.15) is 6.33 Å². The van der Waals surface area contributed by atoms with Crippen LogP contribution in [-0.4, -0.2) is 69.1 Å². The van der Waals surface area contributed by atoms with Crippen molar-refractivity contribution in [3.05, 3.63) is 53.0 Å². The highest BCUT2D eigenvalue weighted by Gasteiger charge is 2.28. The lowest BCUT2D eigenvalue weighted by atomic mass is 9.87. The number of nitrogens with two attached hydrogens (primary N) is 1. The minimum absolute atomic E-state index is 0.00245. The van der Waals surface area contributed by atoms with E-state index in [9.17, 15) is 9.59 Å². The normalized spacial score (nSPS) is 15.2. The second kappa shape index (κ2) is 10.3. The van der Waals surface area contributed by atoms with Crippen molar-refractivity contribution in [2.24, 2.45) is 5.73 Å². The fraction of sp³-hybridized carbons (Fsp3) is 0.448. The number of nitrogens with zero attached hydrogens (tertiary/aromatic N) is 5. The van der Waals surface area contributed by atoms with Crippen molar-refractivity contribution in [2.75, 3.05) is 33.2 Å². The molecular weight excluding hydrogens is 478 g/mol. The molecule has 4 aromatic rings. The molecule has 1 saturated heterocycles. The largest absolute Gasteiger partial charge is 0.369 e. The molecule has 0 radical (unpaired) electrons. The number of hydrogen-bond acceptors (Lipinski definition) is 6. The van der Waals surface area contributed by atoms with Crippen molar-refractivity contribution in [3.8, 4) is 11.3 Å². The summed E-state index contributed by atoms with van der Waals surface area (Å²) in [7, 11) is 1.80. The minimum atomic E-state index is -0.277. The number of piperidine rings is 1. The van der Waals surface area contributed by atoms with E-state index in [4.69, 9.17) is 5.73 Å². The third-order valence-electron chi connectivity index (χ3n) is 8.01. The molecule has 4 heterocycles. The first-order valence-corrected chi connectivity index (χ1v) is 13.4. The summed E-state index contributed by atoms with van der Waals surface area (Å²) in [6.07, 6.45) is 5.52. The number of primary amides is 1. The van der Waals surface area contributed by atoms with E-state index < -0.39 is 0 Å². The number of rotatable bonds is 7. The maximum Gasteiger partial charge on any atom is 0.245 e. The maximum absolute atomic E-state index is 13.6. The van der Waals surface area contributed by atoms with Crippen molar-refractivity contribution in [2.45, 2.75) is 52.4 Å². The fourth-order valence-corrected chi connectivity index (χ4v) is 6.01. The number of fused-ring (bicyclic) bond motifs is 2. The van der Waals surface area contributed by atoms with E-state index in [0.29, 0.717) is 12.5 Å². The van der Waals surface area contributed by atoms with Gasteiger partial charge in [-0.15, -0.1) is 0 Å². The Morgan fingerprint density at radius 1 is 1.16 bits per heavy atom. The van der Waals surface area contributed by atoms with Crippen LogP contribution in [0, 0.1) is 13.8 Å². The molecule has 1 amide bonds. The molecule has 5 rings (SSSR count). The van der Waals surface area contributed by atoms with Crippen LogP contribution >= 0.6 is 0 Å². The monoisotopic (exact) mass is 515 g/mol. The zero-order valence-corrected chi connectivity index (χ0v) is 22.9. The number of aromatic nitrogens is 4. The first-order chi connectivity index (χ1) is 18.2. The predicted molar refractivity (Wildman–Crippen MR) is 150 cm³/mol. The summed E-state index contributed by atoms with van der Waals surface area (Å²) in [5.74, 6) is 0.317. The quantitative estimate of drug-likeness (QED) is 0.389. The average molecular weight is 516 g/mol. The van der Waals surface area contributed by atoms with Gasteiger partial charge >= 0.3 is 0 Å². The lowest BCUT2D eigenvalue weighted by Crippen LogP contribution is -2.39. The van der Waals surface area contributed by atoms with Gasteiger partial charge in [-0.1, -0.05) is 19.9 Å². The maximum atomic E-state index is 13.6. The zero-order chi connectivity index (χ0) is 27.1. The molecule has 0 unspecified atom stereocenters. The van der Waals surface area contributed by atoms with E-state index >= 15 is 0 Å². The van der Waals surface area contributed by atoms with Gasteiger partial charge in [-0.05, 0) is 93.0 Å². The molecule has 0 aliphatic carbocycles. The van der Waals surface area contributed by atoms with Crippen LogP contribution < -0.4 is 11.1 Å². The highest BCUT2D eigenvalue weighted by atomic mass is 16.2. The van der Waals surface area contributed by atoms with E-state index in [0.717, 1.165) is 64.9 Å². The van der Waals surface area contributed by atoms with Gasteiger partial charge in [0, 0.05) is 17.1 Å². The average Bonchev–Trinajstić information content (AvgIpc) is 3.48. The van der Waals surface area contributed by atoms with Gasteiger partial charge in [-0.2, -0.15) is 5.10 Å². The van der Waals surface area contributed by atoms with Crippen molar-refractivity contribution >= 4 is 28.4 Å². The van der Waals surface area contributed by atoms with Gasteiger partial charge in [0.25, 0.3) is 0 Å². The lowest BCUT2D eigenvalue weighted by Gasteiger charge is -2.31. The molecule has 1 aliphatic heterocycles. The molecular formula is C29H37N7O2. The summed E-state index contributed by atoms with van der Waals surface area (Å²) in [5, 5.41) is 8.57. The summed E-state index contributed by atoms with van der Waals surface area (Å²) in [5.41, 5.74) is 13.7. The molecule has 1 aromatic carbocycles. The second-order valence-corrected chi connectivity index (χ2v) is 10.8. The van der Waals surface area contributed by atoms with Crippen LogP contribution in [0.5, 0.6) is 0 Å². The SMILES string of the molecule is CNCC(=O)n1c(-c2cn3ncnc3c(C)c2C)c(C(C)C)c2cc(C3CCN(CC(N)=O)CC3)ccc21. The number of nitrogens with one attached hydrogen (secondary N) is 1. The number of pyridine rings is 1. The minimum Gasteiger partial charge on any atom is -0.369 e. The van der Waals surface area contributed by atoms with Gasteiger partial charge in [0.15, 0.2) is 5.65 Å². The van der Waals surface area contributed by atoms with Gasteiger partial charge in [0.05, 0.1) is 24.3 Å². The standard InChI is InChI=1S/C29H37N7O2/c1-17(2)27-22-12-21(20-8-10-34(11-9-20)15-25(30)37)6-7-24(22)36(26(38)13-31-5)28(27)23-14-35-29(32-16-33-35)19(4)18(23)3/h6-7,12,14,16-17,20,31H,8-11,13,15H2,1-5H3,(H2,30,37).